The summed E-state index contributed by atoms with van der Waals surface area (Å²) in [6, 6.07) is 7.48. The van der Waals surface area contributed by atoms with Gasteiger partial charge in [-0.25, -0.2) is 0 Å². The molecule has 0 radical (unpaired) electrons. The maximum absolute atomic E-state index is 5.66. The number of hydrogen-bond donors (Lipinski definition) is 1. The highest BCUT2D eigenvalue weighted by molar-refractivity contribution is 14.1. The molecule has 0 aliphatic carbocycles. The van der Waals surface area contributed by atoms with E-state index < -0.39 is 0 Å². The zero-order valence-corrected chi connectivity index (χ0v) is 11.5. The summed E-state index contributed by atoms with van der Waals surface area (Å²) in [5.41, 5.74) is 6.39. The van der Waals surface area contributed by atoms with E-state index in [4.69, 9.17) is 10.5 Å². The van der Waals surface area contributed by atoms with Crippen molar-refractivity contribution in [2.45, 2.75) is 13.0 Å². The number of hydrogen-bond acceptors (Lipinski definition) is 3. The standard InChI is InChI=1S/C12H14IN3O/c13-10-8-15-16(9-10)5-2-6-17-12-4-1-3-11(14)7-12/h1,3-4,7-9H,2,5-6,14H2. The number of nitrogens with two attached hydrogens (primary N) is 1. The number of nitrogen functional groups attached to an aromatic ring is 1. The highest BCUT2D eigenvalue weighted by Crippen LogP contribution is 2.14. The van der Waals surface area contributed by atoms with Gasteiger partial charge in [-0.3, -0.25) is 4.68 Å². The number of benzene rings is 1. The van der Waals surface area contributed by atoms with Crippen LogP contribution in [0, 0.1) is 3.57 Å². The molecule has 0 aliphatic rings. The Kier molecular flexibility index (Phi) is 4.24. The van der Waals surface area contributed by atoms with Gasteiger partial charge < -0.3 is 10.5 Å². The predicted molar refractivity (Wildman–Crippen MR) is 75.9 cm³/mol. The van der Waals surface area contributed by atoms with E-state index in [1.54, 1.807) is 0 Å². The molecule has 0 amide bonds. The molecular formula is C12H14IN3O. The summed E-state index contributed by atoms with van der Waals surface area (Å²) in [6.07, 6.45) is 4.78. The molecule has 2 rings (SSSR count). The van der Waals surface area contributed by atoms with Crippen molar-refractivity contribution in [1.29, 1.82) is 0 Å². The third kappa shape index (κ3) is 3.92. The number of nitrogens with zero attached hydrogens (tertiary/aromatic N) is 2. The average Bonchev–Trinajstić information content (AvgIpc) is 2.71. The van der Waals surface area contributed by atoms with E-state index in [-0.39, 0.29) is 0 Å². The average molecular weight is 343 g/mol. The Morgan fingerprint density at radius 2 is 2.29 bits per heavy atom. The zero-order chi connectivity index (χ0) is 12.1. The van der Waals surface area contributed by atoms with Gasteiger partial charge in [0.15, 0.2) is 0 Å². The fraction of sp³-hybridized carbons (Fsp3) is 0.250. The van der Waals surface area contributed by atoms with Gasteiger partial charge in [-0.05, 0) is 34.7 Å². The Hall–Kier alpha value is -1.24. The predicted octanol–water partition coefficient (Wildman–Crippen LogP) is 2.54. The van der Waals surface area contributed by atoms with Crippen LogP contribution in [0.5, 0.6) is 5.75 Å². The van der Waals surface area contributed by atoms with Crippen LogP contribution in [0.25, 0.3) is 0 Å². The van der Waals surface area contributed by atoms with E-state index in [9.17, 15) is 0 Å². The third-order valence-electron chi connectivity index (χ3n) is 2.26. The normalized spacial score (nSPS) is 10.4. The van der Waals surface area contributed by atoms with Gasteiger partial charge in [-0.2, -0.15) is 5.10 Å². The molecule has 2 aromatic rings. The Balaban J connectivity index is 1.73. The Morgan fingerprint density at radius 3 is 3.00 bits per heavy atom. The third-order valence-corrected chi connectivity index (χ3v) is 2.82. The first kappa shape index (κ1) is 12.2. The van der Waals surface area contributed by atoms with Crippen molar-refractivity contribution >= 4 is 28.3 Å². The SMILES string of the molecule is Nc1cccc(OCCCn2cc(I)cn2)c1. The molecule has 0 bridgehead atoms. The largest absolute Gasteiger partial charge is 0.493 e. The van der Waals surface area contributed by atoms with E-state index in [1.165, 1.54) is 0 Å². The van der Waals surface area contributed by atoms with Crippen LogP contribution >= 0.6 is 22.6 Å². The smallest absolute Gasteiger partial charge is 0.121 e. The summed E-state index contributed by atoms with van der Waals surface area (Å²) in [7, 11) is 0. The first-order valence-corrected chi connectivity index (χ1v) is 6.48. The molecule has 0 fully saturated rings. The van der Waals surface area contributed by atoms with Crippen molar-refractivity contribution in [1.82, 2.24) is 9.78 Å². The quantitative estimate of drug-likeness (QED) is 0.516. The minimum absolute atomic E-state index is 0.667. The number of aryl methyl sites for hydroxylation is 1. The molecule has 0 atom stereocenters. The molecule has 4 nitrogen and oxygen atoms in total. The topological polar surface area (TPSA) is 53.1 Å². The molecule has 0 saturated carbocycles. The Morgan fingerprint density at radius 1 is 1.41 bits per heavy atom. The fourth-order valence-corrected chi connectivity index (χ4v) is 1.93. The zero-order valence-electron chi connectivity index (χ0n) is 9.34. The Bertz CT molecular complexity index is 484. The maximum Gasteiger partial charge on any atom is 0.121 e. The summed E-state index contributed by atoms with van der Waals surface area (Å²) in [4.78, 5) is 0. The second-order valence-electron chi connectivity index (χ2n) is 3.70. The molecule has 0 saturated heterocycles. The van der Waals surface area contributed by atoms with Gasteiger partial charge >= 0.3 is 0 Å². The van der Waals surface area contributed by atoms with Crippen molar-refractivity contribution in [2.24, 2.45) is 0 Å². The molecule has 5 heteroatoms. The van der Waals surface area contributed by atoms with Crippen LogP contribution in [0.2, 0.25) is 0 Å². The van der Waals surface area contributed by atoms with Crippen LogP contribution in [-0.4, -0.2) is 16.4 Å². The summed E-state index contributed by atoms with van der Waals surface area (Å²) >= 11 is 2.25. The van der Waals surface area contributed by atoms with Crippen LogP contribution in [0.4, 0.5) is 5.69 Å². The Labute approximate surface area is 114 Å². The van der Waals surface area contributed by atoms with Gasteiger partial charge in [0.1, 0.15) is 5.75 Å². The molecule has 1 aromatic carbocycles. The lowest BCUT2D eigenvalue weighted by atomic mass is 10.3. The van der Waals surface area contributed by atoms with Crippen molar-refractivity contribution in [3.05, 3.63) is 40.2 Å². The lowest BCUT2D eigenvalue weighted by molar-refractivity contribution is 0.299. The second-order valence-corrected chi connectivity index (χ2v) is 4.94. The highest BCUT2D eigenvalue weighted by atomic mass is 127. The highest BCUT2D eigenvalue weighted by Gasteiger charge is 1.97. The number of aromatic nitrogens is 2. The first-order chi connectivity index (χ1) is 8.24. The maximum atomic E-state index is 5.66. The van der Waals surface area contributed by atoms with Gasteiger partial charge in [0.05, 0.1) is 16.4 Å². The van der Waals surface area contributed by atoms with Crippen LogP contribution < -0.4 is 10.5 Å². The van der Waals surface area contributed by atoms with Gasteiger partial charge in [0.25, 0.3) is 0 Å². The van der Waals surface area contributed by atoms with Crippen molar-refractivity contribution in [3.63, 3.8) is 0 Å². The van der Waals surface area contributed by atoms with Gasteiger partial charge in [0.2, 0.25) is 0 Å². The molecule has 2 N–H and O–H groups in total. The molecule has 17 heavy (non-hydrogen) atoms. The number of rotatable bonds is 5. The second kappa shape index (κ2) is 5.90. The molecule has 1 aromatic heterocycles. The van der Waals surface area contributed by atoms with Crippen LogP contribution in [0.15, 0.2) is 36.7 Å². The van der Waals surface area contributed by atoms with Crippen LogP contribution in [0.3, 0.4) is 0 Å². The summed E-state index contributed by atoms with van der Waals surface area (Å²) in [5, 5.41) is 4.21. The van der Waals surface area contributed by atoms with Gasteiger partial charge in [-0.15, -0.1) is 0 Å². The fourth-order valence-electron chi connectivity index (χ4n) is 1.48. The van der Waals surface area contributed by atoms with E-state index in [0.29, 0.717) is 6.61 Å². The lowest BCUT2D eigenvalue weighted by Gasteiger charge is -2.06. The first-order valence-electron chi connectivity index (χ1n) is 5.40. The van der Waals surface area contributed by atoms with Crippen molar-refractivity contribution < 1.29 is 4.74 Å². The number of ether oxygens (including phenoxy) is 1. The van der Waals surface area contributed by atoms with Gasteiger partial charge in [-0.1, -0.05) is 6.07 Å². The molecule has 0 aliphatic heterocycles. The molecule has 0 spiro atoms. The van der Waals surface area contributed by atoms with E-state index >= 15 is 0 Å². The minimum atomic E-state index is 0.667. The minimum Gasteiger partial charge on any atom is -0.493 e. The van der Waals surface area contributed by atoms with Gasteiger partial charge in [0, 0.05) is 30.9 Å². The van der Waals surface area contributed by atoms with Crippen LogP contribution in [0.1, 0.15) is 6.42 Å². The number of anilines is 1. The van der Waals surface area contributed by atoms with E-state index in [2.05, 4.69) is 27.7 Å². The summed E-state index contributed by atoms with van der Waals surface area (Å²) in [5.74, 6) is 0.819. The molecule has 1 heterocycles. The van der Waals surface area contributed by atoms with E-state index in [1.807, 2.05) is 41.3 Å². The van der Waals surface area contributed by atoms with Crippen molar-refractivity contribution in [2.75, 3.05) is 12.3 Å². The lowest BCUT2D eigenvalue weighted by Crippen LogP contribution is -2.05. The van der Waals surface area contributed by atoms with Crippen LogP contribution in [-0.2, 0) is 6.54 Å². The monoisotopic (exact) mass is 343 g/mol. The molecular weight excluding hydrogens is 329 g/mol. The van der Waals surface area contributed by atoms with Crippen molar-refractivity contribution in [3.8, 4) is 5.75 Å². The molecule has 90 valence electrons. The summed E-state index contributed by atoms with van der Waals surface area (Å²) < 4.78 is 8.67. The summed E-state index contributed by atoms with van der Waals surface area (Å²) in [6.45, 7) is 1.53. The number of halogens is 1. The van der Waals surface area contributed by atoms with E-state index in [0.717, 1.165) is 28.0 Å². The molecule has 0 unspecified atom stereocenters.